The van der Waals surface area contributed by atoms with E-state index in [4.69, 9.17) is 50.2 Å². The fourth-order valence-electron chi connectivity index (χ4n) is 5.89. The third kappa shape index (κ3) is 5.97. The van der Waals surface area contributed by atoms with Gasteiger partial charge in [0, 0.05) is 22.3 Å². The van der Waals surface area contributed by atoms with E-state index in [9.17, 15) is 0 Å². The van der Waals surface area contributed by atoms with Crippen LogP contribution in [0.5, 0.6) is 46.0 Å². The SMILES string of the molecule is COc1ccc(OP2(Oc3ccc(OC)cc3)=NP3(=NP4(=N2)Oc2ccccc2-c2ccccc2O4)Oc2ccccc2-c2ccccc2O3)cc1. The first kappa shape index (κ1) is 32.3. The highest BCUT2D eigenvalue weighted by Gasteiger charge is 2.50. The summed E-state index contributed by atoms with van der Waals surface area (Å²) < 4.78 is 67.9. The summed E-state index contributed by atoms with van der Waals surface area (Å²) in [6.07, 6.45) is 0. The minimum atomic E-state index is -3.96. The number of fused-ring (bicyclic) bond motifs is 6. The number of rotatable bonds is 6. The van der Waals surface area contributed by atoms with Gasteiger partial charge in [-0.1, -0.05) is 86.3 Å². The van der Waals surface area contributed by atoms with Gasteiger partial charge in [-0.3, -0.25) is 0 Å². The molecule has 0 fully saturated rings. The molecule has 14 heteroatoms. The molecule has 52 heavy (non-hydrogen) atoms. The van der Waals surface area contributed by atoms with Gasteiger partial charge in [0.25, 0.3) is 0 Å². The van der Waals surface area contributed by atoms with Crippen LogP contribution in [0.4, 0.5) is 0 Å². The predicted molar refractivity (Wildman–Crippen MR) is 202 cm³/mol. The molecule has 0 aromatic heterocycles. The Morgan fingerprint density at radius 3 is 1.02 bits per heavy atom. The third-order valence-corrected chi connectivity index (χ3v) is 16.3. The maximum absolute atomic E-state index is 6.91. The molecule has 3 aliphatic heterocycles. The molecule has 3 aliphatic rings. The molecule has 0 aliphatic carbocycles. The molecule has 0 saturated heterocycles. The summed E-state index contributed by atoms with van der Waals surface area (Å²) in [5, 5.41) is 0. The molecule has 0 amide bonds. The molecule has 6 aromatic rings. The Bertz CT molecular complexity index is 2250. The average Bonchev–Trinajstić information content (AvgIpc) is 3.38. The monoisotopic (exact) mass is 749 g/mol. The minimum Gasteiger partial charge on any atom is -0.497 e. The Balaban J connectivity index is 1.35. The van der Waals surface area contributed by atoms with Gasteiger partial charge in [0.1, 0.15) is 46.0 Å². The fourth-order valence-corrected chi connectivity index (χ4v) is 15.0. The van der Waals surface area contributed by atoms with Gasteiger partial charge in [-0.05, 0) is 72.8 Å². The van der Waals surface area contributed by atoms with Gasteiger partial charge in [-0.25, -0.2) is 0 Å². The first-order valence-corrected chi connectivity index (χ1v) is 20.8. The summed E-state index contributed by atoms with van der Waals surface area (Å²) in [6, 6.07) is 44.7. The summed E-state index contributed by atoms with van der Waals surface area (Å²) in [6.45, 7) is 0. The lowest BCUT2D eigenvalue weighted by molar-refractivity contribution is 0.412. The second kappa shape index (κ2) is 12.9. The third-order valence-electron chi connectivity index (χ3n) is 8.24. The van der Waals surface area contributed by atoms with Crippen molar-refractivity contribution in [1.82, 2.24) is 0 Å². The summed E-state index contributed by atoms with van der Waals surface area (Å²) in [5.74, 6) is 4.13. The van der Waals surface area contributed by atoms with Crippen LogP contribution in [0.15, 0.2) is 159 Å². The van der Waals surface area contributed by atoms with E-state index in [-0.39, 0.29) is 0 Å². The Morgan fingerprint density at radius 1 is 0.365 bits per heavy atom. The molecular weight excluding hydrogens is 719 g/mol. The standard InChI is InChI=1S/C38H30N3O8P3/c1-42-27-19-23-29(24-20-27)44-50(45-30-25-21-28(43-2)22-26-30)39-51(46-35-15-7-3-11-31(35)32-12-4-8-16-36(32)47-51)41-52(40-50)48-37-17-9-5-13-33(37)34-14-6-10-18-38(34)49-52/h3-26H,1-2H3. The van der Waals surface area contributed by atoms with E-state index >= 15 is 0 Å². The van der Waals surface area contributed by atoms with E-state index in [0.717, 1.165) is 22.3 Å². The highest BCUT2D eigenvalue weighted by atomic mass is 31.3. The molecule has 0 N–H and O–H groups in total. The summed E-state index contributed by atoms with van der Waals surface area (Å²) in [7, 11) is -8.55. The van der Waals surface area contributed by atoms with Crippen LogP contribution < -0.4 is 36.6 Å². The van der Waals surface area contributed by atoms with Crippen LogP contribution in [0.25, 0.3) is 22.3 Å². The highest BCUT2D eigenvalue weighted by Crippen LogP contribution is 2.80. The number of hydrogen-bond donors (Lipinski definition) is 0. The number of hydrogen-bond acceptors (Lipinski definition) is 11. The number of nitrogens with zero attached hydrogens (tertiary/aromatic N) is 3. The molecule has 3 heterocycles. The van der Waals surface area contributed by atoms with Crippen molar-refractivity contribution in [1.29, 1.82) is 0 Å². The van der Waals surface area contributed by atoms with Crippen molar-refractivity contribution in [2.45, 2.75) is 0 Å². The van der Waals surface area contributed by atoms with Crippen molar-refractivity contribution in [3.05, 3.63) is 146 Å². The Morgan fingerprint density at radius 2 is 0.673 bits per heavy atom. The van der Waals surface area contributed by atoms with Crippen LogP contribution in [0, 0.1) is 0 Å². The summed E-state index contributed by atoms with van der Waals surface area (Å²) in [4.78, 5) is 0. The minimum absolute atomic E-state index is 0.402. The van der Waals surface area contributed by atoms with Crippen LogP contribution in [-0.2, 0) is 0 Å². The lowest BCUT2D eigenvalue weighted by Gasteiger charge is -2.32. The van der Waals surface area contributed by atoms with Crippen molar-refractivity contribution < 1.29 is 36.6 Å². The second-order valence-corrected chi connectivity index (χ2v) is 17.8. The van der Waals surface area contributed by atoms with E-state index in [1.807, 2.05) is 97.1 Å². The molecule has 11 nitrogen and oxygen atoms in total. The Kier molecular flexibility index (Phi) is 8.00. The van der Waals surface area contributed by atoms with Gasteiger partial charge in [0.05, 0.1) is 14.2 Å². The van der Waals surface area contributed by atoms with Crippen LogP contribution >= 0.6 is 23.0 Å². The first-order chi connectivity index (χ1) is 25.5. The van der Waals surface area contributed by atoms with E-state index in [0.29, 0.717) is 46.0 Å². The quantitative estimate of drug-likeness (QED) is 0.155. The zero-order chi connectivity index (χ0) is 35.2. The van der Waals surface area contributed by atoms with Gasteiger partial charge in [-0.15, -0.1) is 0 Å². The molecule has 260 valence electrons. The molecule has 6 aromatic carbocycles. The highest BCUT2D eigenvalue weighted by molar-refractivity contribution is 7.79. The van der Waals surface area contributed by atoms with Crippen molar-refractivity contribution in [3.8, 4) is 68.2 Å². The maximum Gasteiger partial charge on any atom is 0.460 e. The average molecular weight is 750 g/mol. The Hall–Kier alpha value is -5.59. The molecule has 0 radical (unpaired) electrons. The first-order valence-electron chi connectivity index (χ1n) is 16.2. The van der Waals surface area contributed by atoms with Crippen LogP contribution in [0.3, 0.4) is 0 Å². The van der Waals surface area contributed by atoms with Crippen LogP contribution in [0.2, 0.25) is 0 Å². The number of methoxy groups -OCH3 is 2. The Labute approximate surface area is 300 Å². The largest absolute Gasteiger partial charge is 0.497 e. The van der Waals surface area contributed by atoms with Crippen LogP contribution in [-0.4, -0.2) is 14.2 Å². The molecule has 2 spiro atoms. The van der Waals surface area contributed by atoms with Crippen molar-refractivity contribution in [3.63, 3.8) is 0 Å². The van der Waals surface area contributed by atoms with Crippen molar-refractivity contribution in [2.75, 3.05) is 14.2 Å². The van der Waals surface area contributed by atoms with Gasteiger partial charge < -0.3 is 36.6 Å². The molecule has 0 unspecified atom stereocenters. The molecular formula is C38H30N3O8P3. The zero-order valence-corrected chi connectivity index (χ0v) is 30.5. The fraction of sp³-hybridized carbons (Fsp3) is 0.0526. The van der Waals surface area contributed by atoms with Gasteiger partial charge in [0.15, 0.2) is 0 Å². The number of benzene rings is 6. The van der Waals surface area contributed by atoms with E-state index in [1.54, 1.807) is 62.8 Å². The molecule has 0 saturated carbocycles. The summed E-state index contributed by atoms with van der Waals surface area (Å²) >= 11 is 0. The van der Waals surface area contributed by atoms with Crippen molar-refractivity contribution >= 4 is 23.0 Å². The summed E-state index contributed by atoms with van der Waals surface area (Å²) in [5.41, 5.74) is 3.24. The topological polar surface area (TPSA) is 111 Å². The lowest BCUT2D eigenvalue weighted by Crippen LogP contribution is -2.10. The van der Waals surface area contributed by atoms with Crippen molar-refractivity contribution in [2.24, 2.45) is 13.5 Å². The number of ether oxygens (including phenoxy) is 2. The maximum atomic E-state index is 6.91. The normalized spacial score (nSPS) is 16.3. The number of para-hydroxylation sites is 4. The lowest BCUT2D eigenvalue weighted by atomic mass is 10.0. The van der Waals surface area contributed by atoms with Gasteiger partial charge in [0.2, 0.25) is 0 Å². The molecule has 0 atom stereocenters. The van der Waals surface area contributed by atoms with E-state index < -0.39 is 23.0 Å². The second-order valence-electron chi connectivity index (χ2n) is 11.6. The molecule has 9 rings (SSSR count). The molecule has 0 bridgehead atoms. The predicted octanol–water partition coefficient (Wildman–Crippen LogP) is 12.3. The van der Waals surface area contributed by atoms with E-state index in [2.05, 4.69) is 0 Å². The van der Waals surface area contributed by atoms with Gasteiger partial charge >= 0.3 is 23.0 Å². The van der Waals surface area contributed by atoms with E-state index in [1.165, 1.54) is 0 Å². The van der Waals surface area contributed by atoms with Crippen LogP contribution in [0.1, 0.15) is 0 Å². The van der Waals surface area contributed by atoms with Gasteiger partial charge in [-0.2, -0.15) is 0 Å². The smallest absolute Gasteiger partial charge is 0.460 e. The zero-order valence-electron chi connectivity index (χ0n) is 27.8.